The van der Waals surface area contributed by atoms with E-state index in [9.17, 15) is 4.79 Å². The van der Waals surface area contributed by atoms with Crippen molar-refractivity contribution in [1.29, 1.82) is 0 Å². The highest BCUT2D eigenvalue weighted by Crippen LogP contribution is 2.55. The van der Waals surface area contributed by atoms with E-state index in [0.717, 1.165) is 36.9 Å². The zero-order valence-electron chi connectivity index (χ0n) is 16.3. The molecular weight excluding hydrogens is 336 g/mol. The lowest BCUT2D eigenvalue weighted by Gasteiger charge is -2.42. The molecule has 2 saturated carbocycles. The van der Waals surface area contributed by atoms with Crippen molar-refractivity contribution in [2.75, 3.05) is 13.1 Å². The quantitative estimate of drug-likeness (QED) is 0.831. The second-order valence-electron chi connectivity index (χ2n) is 9.04. The number of aromatic nitrogens is 3. The number of nitrogens with zero attached hydrogens (tertiary/aromatic N) is 4. The van der Waals surface area contributed by atoms with Crippen molar-refractivity contribution in [3.05, 3.63) is 47.0 Å². The van der Waals surface area contributed by atoms with Gasteiger partial charge in [0.1, 0.15) is 12.2 Å². The number of carbonyl (C=O) groups excluding carboxylic acids is 1. The molecule has 0 N–H and O–H groups in total. The Morgan fingerprint density at radius 2 is 2.04 bits per heavy atom. The summed E-state index contributed by atoms with van der Waals surface area (Å²) in [7, 11) is 0. The van der Waals surface area contributed by atoms with Crippen LogP contribution in [0.2, 0.25) is 0 Å². The maximum Gasteiger partial charge on any atom is 0.253 e. The Bertz CT molecular complexity index is 878. The van der Waals surface area contributed by atoms with Crippen molar-refractivity contribution in [3.63, 3.8) is 0 Å². The number of hydrogen-bond acceptors (Lipinski definition) is 3. The first-order valence-corrected chi connectivity index (χ1v) is 10.3. The number of hydrogen-bond donors (Lipinski definition) is 0. The second kappa shape index (κ2) is 6.18. The van der Waals surface area contributed by atoms with E-state index in [1.165, 1.54) is 43.2 Å². The number of carbonyl (C=O) groups is 1. The monoisotopic (exact) mass is 364 g/mol. The molecule has 0 radical (unpaired) electrons. The summed E-state index contributed by atoms with van der Waals surface area (Å²) in [6.07, 6.45) is 8.21. The lowest BCUT2D eigenvalue weighted by molar-refractivity contribution is 0.0723. The van der Waals surface area contributed by atoms with Gasteiger partial charge in [0.15, 0.2) is 0 Å². The Morgan fingerprint density at radius 1 is 1.22 bits per heavy atom. The van der Waals surface area contributed by atoms with Crippen LogP contribution >= 0.6 is 0 Å². The zero-order valence-corrected chi connectivity index (χ0v) is 16.3. The fourth-order valence-electron chi connectivity index (χ4n) is 4.93. The maximum absolute atomic E-state index is 13.2. The molecule has 1 unspecified atom stereocenters. The van der Waals surface area contributed by atoms with Crippen LogP contribution in [0.4, 0.5) is 0 Å². The van der Waals surface area contributed by atoms with Gasteiger partial charge in [-0.2, -0.15) is 0 Å². The molecule has 1 aromatic heterocycles. The van der Waals surface area contributed by atoms with Crippen LogP contribution in [0.25, 0.3) is 0 Å². The Hall–Kier alpha value is -2.17. The van der Waals surface area contributed by atoms with Gasteiger partial charge in [0, 0.05) is 31.1 Å². The largest absolute Gasteiger partial charge is 0.337 e. The van der Waals surface area contributed by atoms with Crippen LogP contribution in [0.1, 0.15) is 65.3 Å². The molecule has 142 valence electrons. The molecule has 5 rings (SSSR count). The van der Waals surface area contributed by atoms with Gasteiger partial charge in [-0.25, -0.2) is 0 Å². The molecule has 3 aliphatic rings. The molecule has 1 spiro atoms. The Labute approximate surface area is 160 Å². The molecule has 1 aromatic carbocycles. The molecule has 1 aliphatic heterocycles. The fraction of sp³-hybridized carbons (Fsp3) is 0.591. The first kappa shape index (κ1) is 17.0. The Kier molecular flexibility index (Phi) is 3.88. The van der Waals surface area contributed by atoms with Gasteiger partial charge in [0.05, 0.1) is 0 Å². The van der Waals surface area contributed by atoms with Crippen LogP contribution in [-0.4, -0.2) is 38.7 Å². The summed E-state index contributed by atoms with van der Waals surface area (Å²) >= 11 is 0. The van der Waals surface area contributed by atoms with E-state index in [0.29, 0.717) is 5.92 Å². The van der Waals surface area contributed by atoms with Crippen LogP contribution < -0.4 is 0 Å². The summed E-state index contributed by atoms with van der Waals surface area (Å²) < 4.78 is 2.27. The summed E-state index contributed by atoms with van der Waals surface area (Å²) in [5, 5.41) is 8.75. The smallest absolute Gasteiger partial charge is 0.253 e. The number of amides is 1. The molecule has 27 heavy (non-hydrogen) atoms. The van der Waals surface area contributed by atoms with E-state index in [1.807, 2.05) is 18.5 Å². The van der Waals surface area contributed by atoms with Gasteiger partial charge in [-0.3, -0.25) is 4.79 Å². The van der Waals surface area contributed by atoms with Crippen LogP contribution in [0.3, 0.4) is 0 Å². The van der Waals surface area contributed by atoms with Crippen molar-refractivity contribution >= 4 is 5.91 Å². The highest BCUT2D eigenvalue weighted by Gasteiger charge is 2.53. The minimum Gasteiger partial charge on any atom is -0.337 e. The van der Waals surface area contributed by atoms with E-state index < -0.39 is 0 Å². The third-order valence-corrected chi connectivity index (χ3v) is 7.15. The van der Waals surface area contributed by atoms with Crippen LogP contribution in [-0.2, 0) is 6.54 Å². The number of aryl methyl sites for hydroxylation is 2. The zero-order chi connectivity index (χ0) is 18.6. The van der Waals surface area contributed by atoms with Gasteiger partial charge in [0.25, 0.3) is 5.91 Å². The van der Waals surface area contributed by atoms with E-state index in [-0.39, 0.29) is 11.3 Å². The molecule has 5 nitrogen and oxygen atoms in total. The predicted molar refractivity (Wildman–Crippen MR) is 104 cm³/mol. The molecule has 0 bridgehead atoms. The SMILES string of the molecule is Cc1ccc(C(=O)N2CC(c3nncn3CC3CC3)C3(CCC3)C2)cc1C. The van der Waals surface area contributed by atoms with E-state index in [4.69, 9.17) is 0 Å². The molecule has 1 atom stereocenters. The van der Waals surface area contributed by atoms with Crippen LogP contribution in [0.15, 0.2) is 24.5 Å². The highest BCUT2D eigenvalue weighted by atomic mass is 16.2. The van der Waals surface area contributed by atoms with Crippen molar-refractivity contribution in [2.24, 2.45) is 11.3 Å². The number of rotatable bonds is 4. The molecule has 3 fully saturated rings. The van der Waals surface area contributed by atoms with E-state index >= 15 is 0 Å². The standard InChI is InChI=1S/C22H28N4O/c1-15-4-7-18(10-16(15)2)21(27)25-12-19(22(13-25)8-3-9-22)20-24-23-14-26(20)11-17-5-6-17/h4,7,10,14,17,19H,3,5-6,8-9,11-13H2,1-2H3. The maximum atomic E-state index is 13.2. The van der Waals surface area contributed by atoms with Crippen molar-refractivity contribution in [1.82, 2.24) is 19.7 Å². The van der Waals surface area contributed by atoms with E-state index in [1.54, 1.807) is 0 Å². The van der Waals surface area contributed by atoms with Crippen molar-refractivity contribution < 1.29 is 4.79 Å². The average molecular weight is 364 g/mol. The normalized spacial score (nSPS) is 23.6. The third-order valence-electron chi connectivity index (χ3n) is 7.15. The molecule has 2 heterocycles. The lowest BCUT2D eigenvalue weighted by atomic mass is 9.62. The topological polar surface area (TPSA) is 51.0 Å². The number of likely N-dealkylation sites (tertiary alicyclic amines) is 1. The lowest BCUT2D eigenvalue weighted by Crippen LogP contribution is -2.38. The minimum absolute atomic E-state index is 0.167. The molecule has 2 aliphatic carbocycles. The minimum atomic E-state index is 0.167. The average Bonchev–Trinajstić information content (AvgIpc) is 3.16. The predicted octanol–water partition coefficient (Wildman–Crippen LogP) is 3.71. The molecule has 1 saturated heterocycles. The Morgan fingerprint density at radius 3 is 2.70 bits per heavy atom. The van der Waals surface area contributed by atoms with Gasteiger partial charge >= 0.3 is 0 Å². The van der Waals surface area contributed by atoms with Gasteiger partial charge in [-0.15, -0.1) is 10.2 Å². The van der Waals surface area contributed by atoms with Gasteiger partial charge in [0.2, 0.25) is 0 Å². The third kappa shape index (κ3) is 2.88. The first-order valence-electron chi connectivity index (χ1n) is 10.3. The van der Waals surface area contributed by atoms with Gasteiger partial charge in [-0.05, 0) is 74.1 Å². The molecule has 2 aromatic rings. The van der Waals surface area contributed by atoms with Crippen LogP contribution in [0.5, 0.6) is 0 Å². The molecule has 5 heteroatoms. The molecular formula is C22H28N4O. The number of benzene rings is 1. The highest BCUT2D eigenvalue weighted by molar-refractivity contribution is 5.94. The summed E-state index contributed by atoms with van der Waals surface area (Å²) in [4.78, 5) is 15.3. The van der Waals surface area contributed by atoms with Crippen molar-refractivity contribution in [2.45, 2.75) is 58.4 Å². The van der Waals surface area contributed by atoms with Gasteiger partial charge in [-0.1, -0.05) is 12.5 Å². The fourth-order valence-corrected chi connectivity index (χ4v) is 4.93. The van der Waals surface area contributed by atoms with Crippen molar-refractivity contribution in [3.8, 4) is 0 Å². The Balaban J connectivity index is 1.41. The van der Waals surface area contributed by atoms with E-state index in [2.05, 4.69) is 39.6 Å². The summed E-state index contributed by atoms with van der Waals surface area (Å²) in [6, 6.07) is 6.07. The molecule has 1 amide bonds. The summed E-state index contributed by atoms with van der Waals surface area (Å²) in [6.45, 7) is 6.84. The van der Waals surface area contributed by atoms with Crippen LogP contribution in [0, 0.1) is 25.2 Å². The first-order chi connectivity index (χ1) is 13.1. The summed E-state index contributed by atoms with van der Waals surface area (Å²) in [5.41, 5.74) is 3.44. The second-order valence-corrected chi connectivity index (χ2v) is 9.04. The van der Waals surface area contributed by atoms with Gasteiger partial charge < -0.3 is 9.47 Å². The summed E-state index contributed by atoms with van der Waals surface area (Å²) in [5.74, 6) is 2.40.